The van der Waals surface area contributed by atoms with E-state index in [9.17, 15) is 18.3 Å². The van der Waals surface area contributed by atoms with Crippen LogP contribution in [0.5, 0.6) is 0 Å². The van der Waals surface area contributed by atoms with Crippen molar-refractivity contribution in [3.8, 4) is 0 Å². The van der Waals surface area contributed by atoms with Crippen LogP contribution in [0.3, 0.4) is 0 Å². The highest BCUT2D eigenvalue weighted by molar-refractivity contribution is 5.22. The van der Waals surface area contributed by atoms with Crippen molar-refractivity contribution in [3.63, 3.8) is 0 Å². The zero-order valence-electron chi connectivity index (χ0n) is 11.9. The summed E-state index contributed by atoms with van der Waals surface area (Å²) < 4.78 is 37.3. The van der Waals surface area contributed by atoms with Gasteiger partial charge >= 0.3 is 6.18 Å². The fourth-order valence-electron chi connectivity index (χ4n) is 3.04. The number of piperidine rings is 1. The Hall–Kier alpha value is -1.11. The van der Waals surface area contributed by atoms with Gasteiger partial charge in [0.25, 0.3) is 0 Å². The van der Waals surface area contributed by atoms with Crippen molar-refractivity contribution in [2.45, 2.75) is 50.2 Å². The third-order valence-corrected chi connectivity index (χ3v) is 4.24. The van der Waals surface area contributed by atoms with Crippen LogP contribution in [-0.2, 0) is 0 Å². The molecule has 0 amide bonds. The molecule has 4 atom stereocenters. The number of nitrogens with zero attached hydrogens (tertiary/aromatic N) is 1. The molecule has 0 saturated carbocycles. The first kappa shape index (κ1) is 16.3. The van der Waals surface area contributed by atoms with Gasteiger partial charge < -0.3 is 10.8 Å². The predicted molar refractivity (Wildman–Crippen MR) is 74.6 cm³/mol. The van der Waals surface area contributed by atoms with E-state index in [1.165, 1.54) is 4.90 Å². The number of aliphatic hydroxyl groups is 1. The summed E-state index contributed by atoms with van der Waals surface area (Å²) in [4.78, 5) is 1.47. The lowest BCUT2D eigenvalue weighted by molar-refractivity contribution is -0.152. The molecule has 6 heteroatoms. The molecule has 1 unspecified atom stereocenters. The quantitative estimate of drug-likeness (QED) is 0.902. The lowest BCUT2D eigenvalue weighted by atomic mass is 9.81. The Kier molecular flexibility index (Phi) is 4.91. The van der Waals surface area contributed by atoms with Gasteiger partial charge in [0.2, 0.25) is 0 Å². The topological polar surface area (TPSA) is 49.5 Å². The molecule has 1 aliphatic rings. The molecule has 21 heavy (non-hydrogen) atoms. The Morgan fingerprint density at radius 3 is 2.48 bits per heavy atom. The van der Waals surface area contributed by atoms with Gasteiger partial charge in [-0.3, -0.25) is 4.90 Å². The van der Waals surface area contributed by atoms with Gasteiger partial charge in [-0.15, -0.1) is 0 Å². The van der Waals surface area contributed by atoms with Crippen LogP contribution in [0.25, 0.3) is 0 Å². The standard InChI is InChI=1S/C15H21F3N2O/c1-10-12(11-5-3-2-4-6-11)9-13(19)14(21)20(10)8-7-15(16,17)18/h2-6,10,12-14,21H,7-9,19H2,1H3/t10-,12-,13+,14?/m1/s1. The van der Waals surface area contributed by atoms with Crippen molar-refractivity contribution >= 4 is 0 Å². The van der Waals surface area contributed by atoms with Crippen LogP contribution >= 0.6 is 0 Å². The minimum absolute atomic E-state index is 0.0258. The molecule has 0 radical (unpaired) electrons. The summed E-state index contributed by atoms with van der Waals surface area (Å²) in [5.74, 6) is 0.0258. The molecule has 3 N–H and O–H groups in total. The summed E-state index contributed by atoms with van der Waals surface area (Å²) in [6, 6.07) is 8.87. The van der Waals surface area contributed by atoms with Gasteiger partial charge in [-0.25, -0.2) is 0 Å². The number of benzene rings is 1. The van der Waals surface area contributed by atoms with E-state index in [1.54, 1.807) is 0 Å². The summed E-state index contributed by atoms with van der Waals surface area (Å²) in [5.41, 5.74) is 6.97. The number of nitrogens with two attached hydrogens (primary N) is 1. The van der Waals surface area contributed by atoms with Gasteiger partial charge in [-0.05, 0) is 18.9 Å². The lowest BCUT2D eigenvalue weighted by Gasteiger charge is -2.46. The molecule has 118 valence electrons. The van der Waals surface area contributed by atoms with Gasteiger partial charge in [0, 0.05) is 24.5 Å². The summed E-state index contributed by atoms with van der Waals surface area (Å²) in [5, 5.41) is 10.1. The molecule has 1 aromatic carbocycles. The second-order valence-corrected chi connectivity index (χ2v) is 5.67. The molecule has 1 saturated heterocycles. The third kappa shape index (κ3) is 3.96. The zero-order valence-corrected chi connectivity index (χ0v) is 11.9. The molecule has 0 spiro atoms. The van der Waals surface area contributed by atoms with Crippen molar-refractivity contribution < 1.29 is 18.3 Å². The van der Waals surface area contributed by atoms with Crippen molar-refractivity contribution in [1.82, 2.24) is 4.90 Å². The Morgan fingerprint density at radius 2 is 1.90 bits per heavy atom. The van der Waals surface area contributed by atoms with Crippen LogP contribution in [0.2, 0.25) is 0 Å². The monoisotopic (exact) mass is 302 g/mol. The maximum atomic E-state index is 12.4. The van der Waals surface area contributed by atoms with Gasteiger partial charge in [-0.1, -0.05) is 30.3 Å². The van der Waals surface area contributed by atoms with Crippen LogP contribution in [-0.4, -0.2) is 41.0 Å². The number of aliphatic hydroxyl groups excluding tert-OH is 1. The van der Waals surface area contributed by atoms with Crippen molar-refractivity contribution in [3.05, 3.63) is 35.9 Å². The molecule has 1 aliphatic heterocycles. The third-order valence-electron chi connectivity index (χ3n) is 4.24. The number of halogens is 3. The Morgan fingerprint density at radius 1 is 1.29 bits per heavy atom. The Bertz CT molecular complexity index is 452. The molecule has 3 nitrogen and oxygen atoms in total. The molecular formula is C15H21F3N2O. The second kappa shape index (κ2) is 6.34. The fourth-order valence-corrected chi connectivity index (χ4v) is 3.04. The maximum absolute atomic E-state index is 12.4. The first-order valence-corrected chi connectivity index (χ1v) is 7.10. The number of rotatable bonds is 3. The highest BCUT2D eigenvalue weighted by atomic mass is 19.4. The smallest absolute Gasteiger partial charge is 0.377 e. The summed E-state index contributed by atoms with van der Waals surface area (Å²) >= 11 is 0. The van der Waals surface area contributed by atoms with E-state index in [0.29, 0.717) is 6.42 Å². The molecule has 1 heterocycles. The van der Waals surface area contributed by atoms with Crippen LogP contribution in [0, 0.1) is 0 Å². The predicted octanol–water partition coefficient (Wildman–Crippen LogP) is 2.46. The average Bonchev–Trinajstić information content (AvgIpc) is 2.42. The molecule has 2 rings (SSSR count). The normalized spacial score (nSPS) is 31.3. The Balaban J connectivity index is 2.15. The number of alkyl halides is 3. The van der Waals surface area contributed by atoms with E-state index in [4.69, 9.17) is 5.73 Å². The van der Waals surface area contributed by atoms with E-state index in [1.807, 2.05) is 37.3 Å². The van der Waals surface area contributed by atoms with Gasteiger partial charge in [0.15, 0.2) is 0 Å². The fraction of sp³-hybridized carbons (Fsp3) is 0.600. The van der Waals surface area contributed by atoms with Crippen LogP contribution in [0.15, 0.2) is 30.3 Å². The highest BCUT2D eigenvalue weighted by Gasteiger charge is 2.40. The van der Waals surface area contributed by atoms with E-state index >= 15 is 0 Å². The summed E-state index contributed by atoms with van der Waals surface area (Å²) in [6.07, 6.45) is -5.64. The molecule has 0 aliphatic carbocycles. The summed E-state index contributed by atoms with van der Waals surface area (Å²) in [7, 11) is 0. The molecule has 1 aromatic rings. The molecule has 1 fully saturated rings. The van der Waals surface area contributed by atoms with Gasteiger partial charge in [-0.2, -0.15) is 13.2 Å². The largest absolute Gasteiger partial charge is 0.390 e. The molecule has 0 aromatic heterocycles. The van der Waals surface area contributed by atoms with Crippen LogP contribution in [0.4, 0.5) is 13.2 Å². The molecule has 0 bridgehead atoms. The minimum Gasteiger partial charge on any atom is -0.377 e. The van der Waals surface area contributed by atoms with E-state index in [2.05, 4.69) is 0 Å². The summed E-state index contributed by atoms with van der Waals surface area (Å²) in [6.45, 7) is 1.62. The SMILES string of the molecule is C[C@@H]1[C@H](c2ccccc2)C[C@H](N)C(O)N1CCC(F)(F)F. The first-order valence-electron chi connectivity index (χ1n) is 7.10. The van der Waals surface area contributed by atoms with E-state index < -0.39 is 24.9 Å². The number of likely N-dealkylation sites (tertiary alicyclic amines) is 1. The number of hydrogen-bond acceptors (Lipinski definition) is 3. The van der Waals surface area contributed by atoms with Crippen molar-refractivity contribution in [2.75, 3.05) is 6.54 Å². The lowest BCUT2D eigenvalue weighted by Crippen LogP contribution is -2.58. The molecular weight excluding hydrogens is 281 g/mol. The zero-order chi connectivity index (χ0) is 15.6. The van der Waals surface area contributed by atoms with Crippen molar-refractivity contribution in [1.29, 1.82) is 0 Å². The number of hydrogen-bond donors (Lipinski definition) is 2. The van der Waals surface area contributed by atoms with Crippen molar-refractivity contribution in [2.24, 2.45) is 5.73 Å². The van der Waals surface area contributed by atoms with E-state index in [-0.39, 0.29) is 18.5 Å². The van der Waals surface area contributed by atoms with Crippen LogP contribution < -0.4 is 5.73 Å². The highest BCUT2D eigenvalue weighted by Crippen LogP contribution is 2.35. The minimum atomic E-state index is -4.23. The van der Waals surface area contributed by atoms with Gasteiger partial charge in [0.05, 0.1) is 6.42 Å². The average molecular weight is 302 g/mol. The van der Waals surface area contributed by atoms with E-state index in [0.717, 1.165) is 5.56 Å². The first-order chi connectivity index (χ1) is 9.79. The van der Waals surface area contributed by atoms with Gasteiger partial charge in [0.1, 0.15) is 6.23 Å². The second-order valence-electron chi connectivity index (χ2n) is 5.67. The Labute approximate surface area is 122 Å². The van der Waals surface area contributed by atoms with Crippen LogP contribution in [0.1, 0.15) is 31.2 Å². The maximum Gasteiger partial charge on any atom is 0.390 e.